The third-order valence-electron chi connectivity index (χ3n) is 6.18. The molecule has 0 aromatic carbocycles. The molecule has 35 heavy (non-hydrogen) atoms. The molecule has 0 radical (unpaired) electrons. The van der Waals surface area contributed by atoms with Gasteiger partial charge in [-0.15, -0.1) is 0 Å². The number of carbonyl (C=O) groups is 1. The molecule has 1 amide bonds. The summed E-state index contributed by atoms with van der Waals surface area (Å²) in [4.78, 5) is 22.8. The predicted octanol–water partition coefficient (Wildman–Crippen LogP) is 2.41. The summed E-state index contributed by atoms with van der Waals surface area (Å²) in [6, 6.07) is 3.30. The van der Waals surface area contributed by atoms with Crippen molar-refractivity contribution in [1.29, 1.82) is 0 Å². The zero-order valence-electron chi connectivity index (χ0n) is 19.6. The van der Waals surface area contributed by atoms with Gasteiger partial charge >= 0.3 is 6.18 Å². The Balaban J connectivity index is 1.16. The van der Waals surface area contributed by atoms with Gasteiger partial charge in [-0.1, -0.05) is 11.2 Å². The van der Waals surface area contributed by atoms with Gasteiger partial charge < -0.3 is 24.2 Å². The van der Waals surface area contributed by atoms with Crippen molar-refractivity contribution >= 4 is 5.91 Å². The first-order valence-corrected chi connectivity index (χ1v) is 11.8. The average molecular weight is 498 g/mol. The Morgan fingerprint density at radius 3 is 2.77 bits per heavy atom. The summed E-state index contributed by atoms with van der Waals surface area (Å²) < 4.78 is 52.9. The van der Waals surface area contributed by atoms with E-state index in [2.05, 4.69) is 25.3 Å². The summed E-state index contributed by atoms with van der Waals surface area (Å²) in [5.41, 5.74) is 1.85. The molecule has 2 aromatic heterocycles. The lowest BCUT2D eigenvalue weighted by Crippen LogP contribution is -2.44. The largest absolute Gasteiger partial charge is 0.468 e. The van der Waals surface area contributed by atoms with Crippen molar-refractivity contribution in [3.8, 4) is 5.88 Å². The van der Waals surface area contributed by atoms with Gasteiger partial charge in [0.05, 0.1) is 25.2 Å². The van der Waals surface area contributed by atoms with Crippen LogP contribution in [-0.4, -0.2) is 77.1 Å². The number of carbonyl (C=O) groups excluding carboxylic acids is 1. The van der Waals surface area contributed by atoms with Gasteiger partial charge in [0.25, 0.3) is 0 Å². The van der Waals surface area contributed by atoms with Gasteiger partial charge in [-0.05, 0) is 31.2 Å². The van der Waals surface area contributed by atoms with Crippen LogP contribution in [0.1, 0.15) is 42.2 Å². The highest BCUT2D eigenvalue weighted by Crippen LogP contribution is 2.22. The zero-order valence-corrected chi connectivity index (χ0v) is 19.6. The van der Waals surface area contributed by atoms with E-state index >= 15 is 0 Å². The van der Waals surface area contributed by atoms with Crippen LogP contribution < -0.4 is 10.1 Å². The normalized spacial score (nSPS) is 21.3. The molecule has 2 atom stereocenters. The fraction of sp³-hybridized carbons (Fsp3) is 0.652. The van der Waals surface area contributed by atoms with Crippen molar-refractivity contribution in [3.05, 3.63) is 35.1 Å². The maximum absolute atomic E-state index is 12.4. The number of hydrogen-bond acceptors (Lipinski definition) is 8. The number of amides is 1. The van der Waals surface area contributed by atoms with Gasteiger partial charge in [-0.3, -0.25) is 4.79 Å². The topological polar surface area (TPSA) is 103 Å². The molecule has 0 saturated carbocycles. The lowest BCUT2D eigenvalue weighted by atomic mass is 10.0. The number of hydrogen-bond donors (Lipinski definition) is 1. The molecule has 0 bridgehead atoms. The van der Waals surface area contributed by atoms with E-state index in [0.717, 1.165) is 56.6 Å². The highest BCUT2D eigenvalue weighted by molar-refractivity contribution is 5.78. The Hall–Kier alpha value is -2.73. The molecular weight excluding hydrogens is 467 g/mol. The molecule has 2 aliphatic heterocycles. The maximum Gasteiger partial charge on any atom is 0.422 e. The van der Waals surface area contributed by atoms with Crippen LogP contribution in [-0.2, 0) is 28.8 Å². The van der Waals surface area contributed by atoms with Crippen LogP contribution in [0.3, 0.4) is 0 Å². The number of nitrogens with one attached hydrogen (secondary N) is 1. The number of fused-ring (bicyclic) bond motifs is 1. The molecule has 1 saturated heterocycles. The fourth-order valence-corrected chi connectivity index (χ4v) is 4.38. The molecule has 4 heterocycles. The minimum absolute atomic E-state index is 0.0131. The van der Waals surface area contributed by atoms with Gasteiger partial charge in [0.2, 0.25) is 17.7 Å². The van der Waals surface area contributed by atoms with E-state index in [1.807, 2.05) is 6.07 Å². The van der Waals surface area contributed by atoms with E-state index in [0.29, 0.717) is 24.7 Å². The minimum atomic E-state index is -4.38. The van der Waals surface area contributed by atoms with Gasteiger partial charge in [0, 0.05) is 44.7 Å². The standard InChI is InChI=1S/C23H30F3N5O4/c1-15-27-20(30-35-15)12-21(32)28-17-3-4-18(33-13-17)7-10-31-9-6-16-2-5-22(29-19(16)8-11-31)34-14-23(24,25)26/h2,5,17-18H,3-4,6-14H2,1H3,(H,28,32)/t17-,18+/m0/s1. The Morgan fingerprint density at radius 1 is 1.23 bits per heavy atom. The van der Waals surface area contributed by atoms with Gasteiger partial charge in [0.15, 0.2) is 12.4 Å². The van der Waals surface area contributed by atoms with Crippen LogP contribution in [0, 0.1) is 6.92 Å². The molecule has 2 aliphatic rings. The van der Waals surface area contributed by atoms with E-state index in [9.17, 15) is 18.0 Å². The first-order chi connectivity index (χ1) is 16.7. The zero-order chi connectivity index (χ0) is 24.8. The summed E-state index contributed by atoms with van der Waals surface area (Å²) in [7, 11) is 0. The third kappa shape index (κ3) is 7.89. The molecular formula is C23H30F3N5O4. The first kappa shape index (κ1) is 25.4. The van der Waals surface area contributed by atoms with Gasteiger partial charge in [-0.2, -0.15) is 18.2 Å². The Morgan fingerprint density at radius 2 is 2.06 bits per heavy atom. The Bertz CT molecular complexity index is 992. The molecule has 1 N–H and O–H groups in total. The smallest absolute Gasteiger partial charge is 0.422 e. The first-order valence-electron chi connectivity index (χ1n) is 11.8. The molecule has 0 aliphatic carbocycles. The number of aromatic nitrogens is 3. The van der Waals surface area contributed by atoms with Crippen molar-refractivity contribution in [1.82, 2.24) is 25.3 Å². The molecule has 0 spiro atoms. The van der Waals surface area contributed by atoms with Crippen LogP contribution >= 0.6 is 0 Å². The molecule has 12 heteroatoms. The molecule has 0 unspecified atom stereocenters. The molecule has 1 fully saturated rings. The molecule has 192 valence electrons. The predicted molar refractivity (Wildman–Crippen MR) is 118 cm³/mol. The fourth-order valence-electron chi connectivity index (χ4n) is 4.38. The highest BCUT2D eigenvalue weighted by Gasteiger charge is 2.29. The lowest BCUT2D eigenvalue weighted by molar-refractivity contribution is -0.154. The number of aryl methyl sites for hydroxylation is 1. The summed E-state index contributed by atoms with van der Waals surface area (Å²) in [6.45, 7) is 3.32. The second-order valence-corrected chi connectivity index (χ2v) is 8.99. The Kier molecular flexibility index (Phi) is 8.22. The molecule has 2 aromatic rings. The van der Waals surface area contributed by atoms with Gasteiger partial charge in [-0.25, -0.2) is 4.98 Å². The van der Waals surface area contributed by atoms with E-state index in [1.165, 1.54) is 6.07 Å². The van der Waals surface area contributed by atoms with E-state index < -0.39 is 12.8 Å². The van der Waals surface area contributed by atoms with E-state index in [4.69, 9.17) is 14.0 Å². The van der Waals surface area contributed by atoms with E-state index in [1.54, 1.807) is 6.92 Å². The van der Waals surface area contributed by atoms with Crippen molar-refractivity contribution in [2.24, 2.45) is 0 Å². The van der Waals surface area contributed by atoms with Crippen LogP contribution in [0.4, 0.5) is 13.2 Å². The van der Waals surface area contributed by atoms with Crippen LogP contribution in [0.5, 0.6) is 5.88 Å². The highest BCUT2D eigenvalue weighted by atomic mass is 19.4. The van der Waals surface area contributed by atoms with Crippen molar-refractivity contribution < 1.29 is 32.0 Å². The van der Waals surface area contributed by atoms with E-state index in [-0.39, 0.29) is 30.4 Å². The van der Waals surface area contributed by atoms with Gasteiger partial charge in [0.1, 0.15) is 0 Å². The molecule has 9 nitrogen and oxygen atoms in total. The summed E-state index contributed by atoms with van der Waals surface area (Å²) in [6.07, 6.45) is -0.119. The van der Waals surface area contributed by atoms with Crippen LogP contribution in [0.2, 0.25) is 0 Å². The SMILES string of the molecule is Cc1nc(CC(=O)N[C@H]2CC[C@H](CCN3CCc4ccc(OCC(F)(F)F)nc4CC3)OC2)no1. The number of rotatable bonds is 8. The summed E-state index contributed by atoms with van der Waals surface area (Å²) in [5.74, 6) is 0.664. The Labute approximate surface area is 201 Å². The number of halogens is 3. The number of pyridine rings is 1. The number of alkyl halides is 3. The average Bonchev–Trinajstić information content (AvgIpc) is 3.10. The van der Waals surface area contributed by atoms with Crippen molar-refractivity contribution in [2.45, 2.75) is 63.8 Å². The van der Waals surface area contributed by atoms with Crippen LogP contribution in [0.15, 0.2) is 16.7 Å². The second-order valence-electron chi connectivity index (χ2n) is 8.99. The number of nitrogens with zero attached hydrogens (tertiary/aromatic N) is 4. The quantitative estimate of drug-likeness (QED) is 0.593. The molecule has 4 rings (SSSR count). The minimum Gasteiger partial charge on any atom is -0.468 e. The second kappa shape index (κ2) is 11.3. The van der Waals surface area contributed by atoms with Crippen LogP contribution in [0.25, 0.3) is 0 Å². The third-order valence-corrected chi connectivity index (χ3v) is 6.18. The van der Waals surface area contributed by atoms with Crippen molar-refractivity contribution in [2.75, 3.05) is 32.8 Å². The summed E-state index contributed by atoms with van der Waals surface area (Å²) >= 11 is 0. The summed E-state index contributed by atoms with van der Waals surface area (Å²) in [5, 5.41) is 6.70. The lowest BCUT2D eigenvalue weighted by Gasteiger charge is -2.31. The monoisotopic (exact) mass is 497 g/mol. The number of ether oxygens (including phenoxy) is 2. The van der Waals surface area contributed by atoms with Crippen molar-refractivity contribution in [3.63, 3.8) is 0 Å². The maximum atomic E-state index is 12.4.